The molecule has 0 bridgehead atoms. The molecule has 0 amide bonds. The van der Waals surface area contributed by atoms with E-state index >= 15 is 0 Å². The predicted octanol–water partition coefficient (Wildman–Crippen LogP) is 3.71. The van der Waals surface area contributed by atoms with Crippen LogP contribution < -0.4 is 10.8 Å². The normalized spacial score (nSPS) is 13.5. The third kappa shape index (κ3) is 2.16. The van der Waals surface area contributed by atoms with Crippen LogP contribution in [-0.4, -0.2) is 15.2 Å². The Balaban J connectivity index is 2.53. The van der Waals surface area contributed by atoms with Gasteiger partial charge in [-0.25, -0.2) is 9.98 Å². The SMILES string of the molecule is CC(C)(C)C1=Nc2c(Br)cc(Br)c3nc(=N)c(C#N)c(n23)N1. The summed E-state index contributed by atoms with van der Waals surface area (Å²) in [6.45, 7) is 6.11. The fourth-order valence-corrected chi connectivity index (χ4v) is 3.48. The molecule has 22 heavy (non-hydrogen) atoms. The summed E-state index contributed by atoms with van der Waals surface area (Å²) in [7, 11) is 0. The van der Waals surface area contributed by atoms with Crippen LogP contribution in [0.25, 0.3) is 5.65 Å². The summed E-state index contributed by atoms with van der Waals surface area (Å²) >= 11 is 6.96. The van der Waals surface area contributed by atoms with E-state index in [1.165, 1.54) is 0 Å². The van der Waals surface area contributed by atoms with Crippen LogP contribution in [0.4, 0.5) is 11.6 Å². The van der Waals surface area contributed by atoms with E-state index in [0.29, 0.717) is 17.3 Å². The quantitative estimate of drug-likeness (QED) is 0.676. The number of amidine groups is 1. The Morgan fingerprint density at radius 3 is 2.59 bits per heavy atom. The fraction of sp³-hybridized carbons (Fsp3) is 0.286. The van der Waals surface area contributed by atoms with Crippen molar-refractivity contribution in [2.75, 3.05) is 5.32 Å². The van der Waals surface area contributed by atoms with Crippen LogP contribution in [0.1, 0.15) is 26.3 Å². The minimum Gasteiger partial charge on any atom is -0.328 e. The number of anilines is 1. The first-order valence-electron chi connectivity index (χ1n) is 6.49. The van der Waals surface area contributed by atoms with E-state index in [1.807, 2.05) is 26.8 Å². The molecule has 3 rings (SSSR count). The summed E-state index contributed by atoms with van der Waals surface area (Å²) in [5.41, 5.74) is 0.450. The smallest absolute Gasteiger partial charge is 0.168 e. The van der Waals surface area contributed by atoms with Gasteiger partial charge in [0, 0.05) is 5.41 Å². The average Bonchev–Trinajstić information content (AvgIpc) is 2.42. The zero-order chi connectivity index (χ0) is 16.2. The van der Waals surface area contributed by atoms with Crippen molar-refractivity contribution in [1.29, 1.82) is 10.7 Å². The average molecular weight is 424 g/mol. The van der Waals surface area contributed by atoms with E-state index in [1.54, 1.807) is 4.40 Å². The second-order valence-electron chi connectivity index (χ2n) is 5.95. The molecule has 2 aromatic rings. The molecule has 2 N–H and O–H groups in total. The van der Waals surface area contributed by atoms with Gasteiger partial charge in [-0.05, 0) is 37.9 Å². The van der Waals surface area contributed by atoms with Gasteiger partial charge in [0.05, 0.1) is 8.95 Å². The third-order valence-corrected chi connectivity index (χ3v) is 4.46. The van der Waals surface area contributed by atoms with Crippen molar-refractivity contribution in [1.82, 2.24) is 9.38 Å². The number of nitrogens with zero attached hydrogens (tertiary/aromatic N) is 4. The second-order valence-corrected chi connectivity index (χ2v) is 7.66. The molecule has 3 heterocycles. The zero-order valence-corrected chi connectivity index (χ0v) is 15.3. The summed E-state index contributed by atoms with van der Waals surface area (Å²) in [6, 6.07) is 3.91. The first kappa shape index (κ1) is 15.2. The lowest BCUT2D eigenvalue weighted by Gasteiger charge is -2.28. The van der Waals surface area contributed by atoms with E-state index < -0.39 is 0 Å². The molecular formula is C14H12Br2N6. The third-order valence-electron chi connectivity index (χ3n) is 3.30. The van der Waals surface area contributed by atoms with Gasteiger partial charge >= 0.3 is 0 Å². The van der Waals surface area contributed by atoms with Crippen molar-refractivity contribution in [3.8, 4) is 6.07 Å². The monoisotopic (exact) mass is 422 g/mol. The van der Waals surface area contributed by atoms with Crippen LogP contribution >= 0.6 is 31.9 Å². The Hall–Kier alpha value is -1.72. The van der Waals surface area contributed by atoms with Gasteiger partial charge in [0.15, 0.2) is 17.0 Å². The highest BCUT2D eigenvalue weighted by atomic mass is 79.9. The summed E-state index contributed by atoms with van der Waals surface area (Å²) in [5, 5.41) is 20.6. The summed E-state index contributed by atoms with van der Waals surface area (Å²) in [6.07, 6.45) is 0. The maximum absolute atomic E-state index is 9.41. The number of aliphatic imine (C=N–C) groups is 1. The van der Waals surface area contributed by atoms with Crippen LogP contribution in [0.2, 0.25) is 0 Å². The van der Waals surface area contributed by atoms with Crippen LogP contribution in [0.15, 0.2) is 20.0 Å². The molecular weight excluding hydrogens is 412 g/mol. The fourth-order valence-electron chi connectivity index (χ4n) is 2.18. The molecule has 0 saturated heterocycles. The molecule has 0 spiro atoms. The highest BCUT2D eigenvalue weighted by molar-refractivity contribution is 9.11. The molecule has 2 aromatic heterocycles. The molecule has 0 radical (unpaired) electrons. The second kappa shape index (κ2) is 4.89. The van der Waals surface area contributed by atoms with Gasteiger partial charge in [0.2, 0.25) is 0 Å². The lowest BCUT2D eigenvalue weighted by Crippen LogP contribution is -2.33. The van der Waals surface area contributed by atoms with Gasteiger partial charge in [-0.15, -0.1) is 0 Å². The molecule has 0 aromatic carbocycles. The number of nitrogens with one attached hydrogen (secondary N) is 2. The van der Waals surface area contributed by atoms with Gasteiger partial charge in [0.25, 0.3) is 0 Å². The molecule has 112 valence electrons. The first-order chi connectivity index (χ1) is 10.2. The highest BCUT2D eigenvalue weighted by Crippen LogP contribution is 2.38. The summed E-state index contributed by atoms with van der Waals surface area (Å²) in [5.74, 6) is 1.91. The van der Waals surface area contributed by atoms with E-state index in [4.69, 9.17) is 5.41 Å². The van der Waals surface area contributed by atoms with Gasteiger partial charge < -0.3 is 5.32 Å². The maximum atomic E-state index is 9.41. The van der Waals surface area contributed by atoms with E-state index in [9.17, 15) is 5.26 Å². The molecule has 0 atom stereocenters. The standard InChI is InChI=1S/C14H12Br2N6/c1-14(2,3)13-20-10-6(5-17)9(18)19-11-7(15)4-8(16)12(21-13)22(10)11/h4,18H,1-3H3,(H,20,21). The van der Waals surface area contributed by atoms with Crippen LogP contribution in [0, 0.1) is 22.2 Å². The molecule has 1 aliphatic heterocycles. The van der Waals surface area contributed by atoms with E-state index in [-0.39, 0.29) is 16.5 Å². The highest BCUT2D eigenvalue weighted by Gasteiger charge is 2.28. The van der Waals surface area contributed by atoms with Crippen LogP contribution in [0.3, 0.4) is 0 Å². The zero-order valence-electron chi connectivity index (χ0n) is 12.1. The number of nitriles is 1. The molecule has 6 nitrogen and oxygen atoms in total. The number of halogens is 2. The molecule has 0 aliphatic carbocycles. The van der Waals surface area contributed by atoms with Crippen molar-refractivity contribution >= 4 is 55.0 Å². The minimum absolute atomic E-state index is 0.0610. The number of pyridine rings is 1. The first-order valence-corrected chi connectivity index (χ1v) is 8.08. The predicted molar refractivity (Wildman–Crippen MR) is 91.3 cm³/mol. The number of hydrogen-bond donors (Lipinski definition) is 2. The maximum Gasteiger partial charge on any atom is 0.168 e. The Morgan fingerprint density at radius 1 is 1.32 bits per heavy atom. The topological polar surface area (TPSA) is 89.3 Å². The van der Waals surface area contributed by atoms with Crippen molar-refractivity contribution in [2.45, 2.75) is 20.8 Å². The van der Waals surface area contributed by atoms with Gasteiger partial charge in [-0.1, -0.05) is 20.8 Å². The minimum atomic E-state index is -0.227. The Kier molecular flexibility index (Phi) is 3.38. The number of aromatic nitrogens is 2. The number of hydrogen-bond acceptors (Lipinski definition) is 5. The molecule has 0 saturated carbocycles. The summed E-state index contributed by atoms with van der Waals surface area (Å²) in [4.78, 5) is 8.88. The summed E-state index contributed by atoms with van der Waals surface area (Å²) < 4.78 is 3.25. The van der Waals surface area contributed by atoms with Crippen LogP contribution in [0.5, 0.6) is 0 Å². The van der Waals surface area contributed by atoms with Crippen molar-refractivity contribution < 1.29 is 0 Å². The van der Waals surface area contributed by atoms with Gasteiger partial charge in [-0.3, -0.25) is 9.81 Å². The van der Waals surface area contributed by atoms with Crippen molar-refractivity contribution in [3.63, 3.8) is 0 Å². The lowest BCUT2D eigenvalue weighted by molar-refractivity contribution is 0.587. The Morgan fingerprint density at radius 2 is 2.00 bits per heavy atom. The van der Waals surface area contributed by atoms with Crippen LogP contribution in [-0.2, 0) is 0 Å². The van der Waals surface area contributed by atoms with Crippen molar-refractivity contribution in [3.05, 3.63) is 26.1 Å². The molecule has 0 fully saturated rings. The van der Waals surface area contributed by atoms with Crippen molar-refractivity contribution in [2.24, 2.45) is 10.4 Å². The van der Waals surface area contributed by atoms with Gasteiger partial charge in [0.1, 0.15) is 23.3 Å². The molecule has 0 unspecified atom stereocenters. The van der Waals surface area contributed by atoms with E-state index in [0.717, 1.165) is 14.8 Å². The Labute approximate surface area is 143 Å². The molecule has 8 heteroatoms. The van der Waals surface area contributed by atoms with E-state index in [2.05, 4.69) is 53.2 Å². The molecule has 1 aliphatic rings. The largest absolute Gasteiger partial charge is 0.328 e. The lowest BCUT2D eigenvalue weighted by atomic mass is 9.94. The number of rotatable bonds is 0. The Bertz CT molecular complexity index is 943. The van der Waals surface area contributed by atoms with Gasteiger partial charge in [-0.2, -0.15) is 5.26 Å².